The Balaban J connectivity index is 1.73. The number of hydrogen-bond donors (Lipinski definition) is 2. The van der Waals surface area contributed by atoms with Crippen LogP contribution >= 0.6 is 0 Å². The lowest BCUT2D eigenvalue weighted by Gasteiger charge is -2.52. The Bertz CT molecular complexity index is 727. The molecule has 1 aromatic rings. The number of phenols is 1. The molecule has 0 aromatic heterocycles. The second-order valence-electron chi connectivity index (χ2n) is 8.51. The summed E-state index contributed by atoms with van der Waals surface area (Å²) in [5.41, 5.74) is 0.979. The Morgan fingerprint density at radius 2 is 2.00 bits per heavy atom. The molecule has 0 heterocycles. The van der Waals surface area contributed by atoms with Crippen LogP contribution in [0.2, 0.25) is 0 Å². The molecule has 0 radical (unpaired) electrons. The largest absolute Gasteiger partial charge is 0.504 e. The normalized spacial score (nSPS) is 39.3. The molecule has 0 bridgehead atoms. The maximum absolute atomic E-state index is 12.2. The van der Waals surface area contributed by atoms with Crippen LogP contribution in [0, 0.1) is 17.3 Å². The first-order valence-electron chi connectivity index (χ1n) is 9.45. The molecule has 0 spiro atoms. The third-order valence-corrected chi connectivity index (χ3v) is 7.78. The summed E-state index contributed by atoms with van der Waals surface area (Å²) in [6, 6.07) is 3.80. The minimum Gasteiger partial charge on any atom is -0.504 e. The highest BCUT2D eigenvalue weighted by molar-refractivity contribution is 5.86. The van der Waals surface area contributed by atoms with Gasteiger partial charge in [-0.15, -0.1) is 0 Å². The molecular formula is C21H28O4. The van der Waals surface area contributed by atoms with Crippen LogP contribution in [0.4, 0.5) is 0 Å². The Hall–Kier alpha value is -1.55. The number of ketones is 1. The Morgan fingerprint density at radius 3 is 2.68 bits per heavy atom. The summed E-state index contributed by atoms with van der Waals surface area (Å²) >= 11 is 0. The molecule has 0 amide bonds. The van der Waals surface area contributed by atoms with Gasteiger partial charge in [-0.25, -0.2) is 0 Å². The number of methoxy groups -OCH3 is 1. The standard InChI is InChI=1S/C21H28O4/c1-12(22)21(24)11-9-17-15-4-5-16-13(6-7-18(23)19(16)25-3)14(15)8-10-20(17,21)2/h6-7,14-15,17,23-24H,4-5,8-11H2,1-3H3/t14-,15-,17+,20+,21?/m1/s1. The zero-order valence-corrected chi connectivity index (χ0v) is 15.3. The predicted octanol–water partition coefficient (Wildman–Crippen LogP) is 3.58. The van der Waals surface area contributed by atoms with Crippen molar-refractivity contribution in [3.05, 3.63) is 23.3 Å². The van der Waals surface area contributed by atoms with Crippen molar-refractivity contribution in [3.63, 3.8) is 0 Å². The second-order valence-corrected chi connectivity index (χ2v) is 8.51. The number of Topliss-reactive ketones (excluding diaryl/α,β-unsaturated/α-hetero) is 1. The summed E-state index contributed by atoms with van der Waals surface area (Å²) in [6.45, 7) is 3.68. The van der Waals surface area contributed by atoms with Crippen molar-refractivity contribution in [2.75, 3.05) is 7.11 Å². The molecule has 0 saturated heterocycles. The zero-order chi connectivity index (χ0) is 18.0. The highest BCUT2D eigenvalue weighted by Gasteiger charge is 2.63. The fourth-order valence-corrected chi connectivity index (χ4v) is 6.45. The van der Waals surface area contributed by atoms with E-state index >= 15 is 0 Å². The van der Waals surface area contributed by atoms with E-state index in [0.717, 1.165) is 37.7 Å². The number of aliphatic hydroxyl groups is 1. The van der Waals surface area contributed by atoms with Crippen molar-refractivity contribution in [2.24, 2.45) is 17.3 Å². The fraction of sp³-hybridized carbons (Fsp3) is 0.667. The van der Waals surface area contributed by atoms with Crippen LogP contribution in [-0.2, 0) is 11.2 Å². The third-order valence-electron chi connectivity index (χ3n) is 7.78. The van der Waals surface area contributed by atoms with Crippen LogP contribution in [0.1, 0.15) is 63.0 Å². The first-order chi connectivity index (χ1) is 11.8. The number of carbonyl (C=O) groups excluding carboxylic acids is 1. The molecule has 136 valence electrons. The van der Waals surface area contributed by atoms with Gasteiger partial charge in [0.05, 0.1) is 7.11 Å². The Morgan fingerprint density at radius 1 is 1.24 bits per heavy atom. The predicted molar refractivity (Wildman–Crippen MR) is 94.9 cm³/mol. The second kappa shape index (κ2) is 5.47. The van der Waals surface area contributed by atoms with Gasteiger partial charge in [0.25, 0.3) is 0 Å². The number of benzene rings is 1. The number of carbonyl (C=O) groups is 1. The van der Waals surface area contributed by atoms with E-state index in [9.17, 15) is 15.0 Å². The number of ether oxygens (including phenoxy) is 1. The van der Waals surface area contributed by atoms with E-state index in [0.29, 0.717) is 29.9 Å². The highest BCUT2D eigenvalue weighted by Crippen LogP contribution is 2.64. The summed E-state index contributed by atoms with van der Waals surface area (Å²) in [5, 5.41) is 21.2. The lowest BCUT2D eigenvalue weighted by molar-refractivity contribution is -0.154. The van der Waals surface area contributed by atoms with Gasteiger partial charge in [0.1, 0.15) is 5.60 Å². The smallest absolute Gasteiger partial charge is 0.163 e. The molecule has 1 aromatic carbocycles. The van der Waals surface area contributed by atoms with Gasteiger partial charge < -0.3 is 14.9 Å². The molecular weight excluding hydrogens is 316 g/mol. The first kappa shape index (κ1) is 16.9. The molecule has 4 nitrogen and oxygen atoms in total. The quantitative estimate of drug-likeness (QED) is 0.860. The van der Waals surface area contributed by atoms with E-state index < -0.39 is 5.60 Å². The Kier molecular flexibility index (Phi) is 3.70. The van der Waals surface area contributed by atoms with E-state index in [1.54, 1.807) is 20.1 Å². The lowest BCUT2D eigenvalue weighted by atomic mass is 9.53. The molecule has 0 aliphatic heterocycles. The van der Waals surface area contributed by atoms with Gasteiger partial charge in [-0.3, -0.25) is 4.79 Å². The fourth-order valence-electron chi connectivity index (χ4n) is 6.45. The molecule has 4 heteroatoms. The van der Waals surface area contributed by atoms with Crippen molar-refractivity contribution in [1.82, 2.24) is 0 Å². The van der Waals surface area contributed by atoms with Crippen LogP contribution in [-0.4, -0.2) is 28.7 Å². The van der Waals surface area contributed by atoms with Gasteiger partial charge >= 0.3 is 0 Å². The summed E-state index contributed by atoms with van der Waals surface area (Å²) < 4.78 is 5.46. The molecule has 5 atom stereocenters. The van der Waals surface area contributed by atoms with Crippen LogP contribution in [0.25, 0.3) is 0 Å². The Labute approximate surface area is 149 Å². The van der Waals surface area contributed by atoms with E-state index in [4.69, 9.17) is 4.74 Å². The summed E-state index contributed by atoms with van der Waals surface area (Å²) in [7, 11) is 1.61. The van der Waals surface area contributed by atoms with Crippen LogP contribution in [0.3, 0.4) is 0 Å². The van der Waals surface area contributed by atoms with Crippen molar-refractivity contribution < 1.29 is 19.7 Å². The number of rotatable bonds is 2. The number of aromatic hydroxyl groups is 1. The van der Waals surface area contributed by atoms with Gasteiger partial charge in [0, 0.05) is 11.0 Å². The topological polar surface area (TPSA) is 66.8 Å². The highest BCUT2D eigenvalue weighted by atomic mass is 16.5. The third kappa shape index (κ3) is 2.06. The van der Waals surface area contributed by atoms with Crippen molar-refractivity contribution in [1.29, 1.82) is 0 Å². The molecule has 2 fully saturated rings. The molecule has 3 aliphatic rings. The zero-order valence-electron chi connectivity index (χ0n) is 15.3. The van der Waals surface area contributed by atoms with Gasteiger partial charge in [-0.05, 0) is 74.8 Å². The first-order valence-corrected chi connectivity index (χ1v) is 9.45. The van der Waals surface area contributed by atoms with Crippen LogP contribution in [0.5, 0.6) is 11.5 Å². The lowest BCUT2D eigenvalue weighted by Crippen LogP contribution is -2.54. The number of hydrogen-bond acceptors (Lipinski definition) is 4. The monoisotopic (exact) mass is 344 g/mol. The SMILES string of the molecule is COc1c(O)ccc2c1CC[C@@H]1[C@@H]2CC[C@@]2(C)[C@H]1CCC2(O)C(C)=O. The molecule has 3 aliphatic carbocycles. The molecule has 25 heavy (non-hydrogen) atoms. The molecule has 2 saturated carbocycles. The van der Waals surface area contributed by atoms with Crippen LogP contribution in [0.15, 0.2) is 12.1 Å². The van der Waals surface area contributed by atoms with Crippen LogP contribution < -0.4 is 4.74 Å². The van der Waals surface area contributed by atoms with Crippen molar-refractivity contribution >= 4 is 5.78 Å². The summed E-state index contributed by atoms with van der Waals surface area (Å²) in [6.07, 6.45) is 5.30. The van der Waals surface area contributed by atoms with E-state index in [-0.39, 0.29) is 16.9 Å². The van der Waals surface area contributed by atoms with Gasteiger partial charge in [0.2, 0.25) is 0 Å². The minimum absolute atomic E-state index is 0.0706. The maximum atomic E-state index is 12.2. The van der Waals surface area contributed by atoms with E-state index in [2.05, 4.69) is 13.0 Å². The van der Waals surface area contributed by atoms with Crippen molar-refractivity contribution in [2.45, 2.75) is 63.9 Å². The average Bonchev–Trinajstić information content (AvgIpc) is 2.87. The minimum atomic E-state index is -1.16. The van der Waals surface area contributed by atoms with Gasteiger partial charge in [0.15, 0.2) is 17.3 Å². The van der Waals surface area contributed by atoms with Gasteiger partial charge in [-0.1, -0.05) is 13.0 Å². The average molecular weight is 344 g/mol. The summed E-state index contributed by atoms with van der Waals surface area (Å²) in [5.74, 6) is 2.08. The van der Waals surface area contributed by atoms with Gasteiger partial charge in [-0.2, -0.15) is 0 Å². The van der Waals surface area contributed by atoms with E-state index in [1.807, 2.05) is 0 Å². The molecule has 4 rings (SSSR count). The van der Waals surface area contributed by atoms with Crippen molar-refractivity contribution in [3.8, 4) is 11.5 Å². The van der Waals surface area contributed by atoms with E-state index in [1.165, 1.54) is 5.56 Å². The molecule has 1 unspecified atom stereocenters. The number of phenolic OH excluding ortho intramolecular Hbond substituents is 1. The molecule has 2 N–H and O–H groups in total. The number of fused-ring (bicyclic) bond motifs is 5. The maximum Gasteiger partial charge on any atom is 0.163 e. The summed E-state index contributed by atoms with van der Waals surface area (Å²) in [4.78, 5) is 12.2.